The maximum absolute atomic E-state index is 12.8. The lowest BCUT2D eigenvalue weighted by Crippen LogP contribution is -2.44. The van der Waals surface area contributed by atoms with Crippen LogP contribution in [-0.4, -0.2) is 41.4 Å². The van der Waals surface area contributed by atoms with Gasteiger partial charge in [0.2, 0.25) is 10.0 Å². The maximum Gasteiger partial charge on any atom is 0.261 e. The molecule has 0 spiro atoms. The van der Waals surface area contributed by atoms with E-state index in [2.05, 4.69) is 4.98 Å². The van der Waals surface area contributed by atoms with Crippen LogP contribution in [0.3, 0.4) is 0 Å². The average Bonchev–Trinajstić information content (AvgIpc) is 3.16. The Morgan fingerprint density at radius 3 is 2.50 bits per heavy atom. The van der Waals surface area contributed by atoms with Crippen LogP contribution in [0.4, 0.5) is 0 Å². The van der Waals surface area contributed by atoms with E-state index < -0.39 is 22.0 Å². The first-order chi connectivity index (χ1) is 13.3. The number of hydroxylamine groups is 1. The summed E-state index contributed by atoms with van der Waals surface area (Å²) in [6, 6.07) is 9.07. The van der Waals surface area contributed by atoms with E-state index in [0.717, 1.165) is 21.3 Å². The number of amides is 1. The van der Waals surface area contributed by atoms with Crippen LogP contribution in [-0.2, 0) is 21.4 Å². The van der Waals surface area contributed by atoms with Crippen molar-refractivity contribution in [3.8, 4) is 5.75 Å². The number of nitrogens with zero attached hydrogens (tertiary/aromatic N) is 2. The molecule has 1 aliphatic rings. The van der Waals surface area contributed by atoms with Gasteiger partial charge in [-0.1, -0.05) is 0 Å². The lowest BCUT2D eigenvalue weighted by atomic mass is 10.2. The van der Waals surface area contributed by atoms with Gasteiger partial charge in [0, 0.05) is 17.9 Å². The molecule has 2 aromatic rings. The average molecular weight is 405 g/mol. The highest BCUT2D eigenvalue weighted by Crippen LogP contribution is 2.27. The Bertz CT molecular complexity index is 940. The molecule has 1 amide bonds. The van der Waals surface area contributed by atoms with Gasteiger partial charge in [-0.05, 0) is 68.7 Å². The second-order valence-electron chi connectivity index (χ2n) is 6.77. The summed E-state index contributed by atoms with van der Waals surface area (Å²) in [4.78, 5) is 16.1. The third-order valence-corrected chi connectivity index (χ3v) is 6.52. The summed E-state index contributed by atoms with van der Waals surface area (Å²) in [5, 5.41) is 8.83. The largest absolute Gasteiger partial charge is 0.489 e. The molecule has 2 heterocycles. The molecule has 1 atom stereocenters. The van der Waals surface area contributed by atoms with Gasteiger partial charge in [0.05, 0.1) is 4.90 Å². The third-order valence-electron chi connectivity index (χ3n) is 4.59. The zero-order chi connectivity index (χ0) is 20.3. The molecular formula is C19H23N3O5S. The Morgan fingerprint density at radius 2 is 1.89 bits per heavy atom. The first-order valence-electron chi connectivity index (χ1n) is 8.94. The number of hydrogen-bond donors (Lipinski definition) is 2. The molecule has 150 valence electrons. The fraction of sp³-hybridized carbons (Fsp3) is 0.368. The number of aromatic nitrogens is 1. The van der Waals surface area contributed by atoms with Gasteiger partial charge >= 0.3 is 0 Å². The van der Waals surface area contributed by atoms with E-state index in [1.54, 1.807) is 17.6 Å². The van der Waals surface area contributed by atoms with E-state index in [-0.39, 0.29) is 11.4 Å². The number of benzene rings is 1. The summed E-state index contributed by atoms with van der Waals surface area (Å²) in [5.41, 5.74) is 4.34. The van der Waals surface area contributed by atoms with Crippen LogP contribution >= 0.6 is 0 Å². The van der Waals surface area contributed by atoms with Crippen LogP contribution in [0.5, 0.6) is 5.75 Å². The van der Waals surface area contributed by atoms with Crippen molar-refractivity contribution < 1.29 is 23.2 Å². The van der Waals surface area contributed by atoms with E-state index >= 15 is 0 Å². The normalized spacial score (nSPS) is 17.5. The molecule has 0 unspecified atom stereocenters. The molecule has 1 aromatic heterocycles. The Balaban J connectivity index is 1.72. The second-order valence-corrected chi connectivity index (χ2v) is 8.66. The number of rotatable bonds is 6. The minimum absolute atomic E-state index is 0.0769. The highest BCUT2D eigenvalue weighted by molar-refractivity contribution is 7.89. The fourth-order valence-corrected chi connectivity index (χ4v) is 5.04. The van der Waals surface area contributed by atoms with Crippen molar-refractivity contribution >= 4 is 15.9 Å². The van der Waals surface area contributed by atoms with Gasteiger partial charge in [-0.2, -0.15) is 4.31 Å². The van der Waals surface area contributed by atoms with Crippen LogP contribution in [0.25, 0.3) is 0 Å². The summed E-state index contributed by atoms with van der Waals surface area (Å²) in [7, 11) is -3.84. The molecule has 1 aromatic carbocycles. The number of sulfonamides is 1. The van der Waals surface area contributed by atoms with Crippen molar-refractivity contribution in [1.29, 1.82) is 0 Å². The first-order valence-corrected chi connectivity index (χ1v) is 10.4. The van der Waals surface area contributed by atoms with Gasteiger partial charge in [-0.3, -0.25) is 15.0 Å². The molecule has 0 aliphatic carbocycles. The van der Waals surface area contributed by atoms with Gasteiger partial charge in [-0.15, -0.1) is 0 Å². The molecule has 0 saturated carbocycles. The zero-order valence-electron chi connectivity index (χ0n) is 15.8. The molecular weight excluding hydrogens is 382 g/mol. The van der Waals surface area contributed by atoms with E-state index in [4.69, 9.17) is 9.94 Å². The van der Waals surface area contributed by atoms with E-state index in [9.17, 15) is 13.2 Å². The molecule has 2 N–H and O–H groups in total. The molecule has 3 rings (SSSR count). The predicted molar refractivity (Wildman–Crippen MR) is 101 cm³/mol. The monoisotopic (exact) mass is 405 g/mol. The standard InChI is InChI=1S/C19H23N3O5S/c1-13-10-15(11-14(2)20-13)12-27-16-5-7-17(8-6-16)28(25,26)22-9-3-4-18(22)19(23)21-24/h5-8,10-11,18,24H,3-4,9,12H2,1-2H3,(H,21,23)/t18-/m1/s1. The molecule has 1 fully saturated rings. The molecule has 0 radical (unpaired) electrons. The molecule has 8 nitrogen and oxygen atoms in total. The topological polar surface area (TPSA) is 109 Å². The number of hydrogen-bond acceptors (Lipinski definition) is 6. The number of nitrogens with one attached hydrogen (secondary N) is 1. The summed E-state index contributed by atoms with van der Waals surface area (Å²) in [6.45, 7) is 4.41. The Labute approximate surface area is 164 Å². The zero-order valence-corrected chi connectivity index (χ0v) is 16.6. The highest BCUT2D eigenvalue weighted by Gasteiger charge is 2.39. The number of carbonyl (C=O) groups is 1. The van der Waals surface area contributed by atoms with Crippen molar-refractivity contribution in [2.75, 3.05) is 6.54 Å². The van der Waals surface area contributed by atoms with Crippen molar-refractivity contribution in [3.63, 3.8) is 0 Å². The van der Waals surface area contributed by atoms with Gasteiger partial charge in [0.15, 0.2) is 0 Å². The van der Waals surface area contributed by atoms with Gasteiger partial charge in [0.25, 0.3) is 5.91 Å². The SMILES string of the molecule is Cc1cc(COc2ccc(S(=O)(=O)N3CCC[C@@H]3C(=O)NO)cc2)cc(C)n1. The summed E-state index contributed by atoms with van der Waals surface area (Å²) >= 11 is 0. The molecule has 28 heavy (non-hydrogen) atoms. The van der Waals surface area contributed by atoms with Crippen molar-refractivity contribution in [1.82, 2.24) is 14.8 Å². The number of pyridine rings is 1. The highest BCUT2D eigenvalue weighted by atomic mass is 32.2. The van der Waals surface area contributed by atoms with Crippen molar-refractivity contribution in [3.05, 3.63) is 53.3 Å². The van der Waals surface area contributed by atoms with Crippen molar-refractivity contribution in [2.45, 2.75) is 44.2 Å². The van der Waals surface area contributed by atoms with Crippen LogP contribution in [0.1, 0.15) is 29.8 Å². The Hall–Kier alpha value is -2.49. The van der Waals surface area contributed by atoms with Gasteiger partial charge in [0.1, 0.15) is 18.4 Å². The number of carbonyl (C=O) groups excluding carboxylic acids is 1. The maximum atomic E-state index is 12.8. The smallest absolute Gasteiger partial charge is 0.261 e. The summed E-state index contributed by atoms with van der Waals surface area (Å²) < 4.78 is 32.6. The lowest BCUT2D eigenvalue weighted by Gasteiger charge is -2.22. The molecule has 9 heteroatoms. The van der Waals surface area contributed by atoms with Crippen LogP contribution < -0.4 is 10.2 Å². The van der Waals surface area contributed by atoms with E-state index in [0.29, 0.717) is 25.2 Å². The van der Waals surface area contributed by atoms with Gasteiger partial charge in [-0.25, -0.2) is 13.9 Å². The van der Waals surface area contributed by atoms with Crippen molar-refractivity contribution in [2.24, 2.45) is 0 Å². The molecule has 0 bridgehead atoms. The fourth-order valence-electron chi connectivity index (χ4n) is 3.38. The third kappa shape index (κ3) is 4.32. The van der Waals surface area contributed by atoms with E-state index in [1.807, 2.05) is 26.0 Å². The Kier molecular flexibility index (Phi) is 5.97. The second kappa shape index (κ2) is 8.26. The Morgan fingerprint density at radius 1 is 1.25 bits per heavy atom. The molecule has 1 aliphatic heterocycles. The minimum atomic E-state index is -3.84. The summed E-state index contributed by atoms with van der Waals surface area (Å²) in [6.07, 6.45) is 0.931. The first kappa shape index (κ1) is 20.2. The quantitative estimate of drug-likeness (QED) is 0.562. The predicted octanol–water partition coefficient (Wildman–Crippen LogP) is 1.94. The van der Waals surface area contributed by atoms with Crippen LogP contribution in [0, 0.1) is 13.8 Å². The van der Waals surface area contributed by atoms with E-state index in [1.165, 1.54) is 12.1 Å². The minimum Gasteiger partial charge on any atom is -0.489 e. The van der Waals surface area contributed by atoms with Gasteiger partial charge < -0.3 is 4.74 Å². The molecule has 1 saturated heterocycles. The van der Waals surface area contributed by atoms with Crippen LogP contribution in [0.15, 0.2) is 41.3 Å². The number of aryl methyl sites for hydroxylation is 2. The summed E-state index contributed by atoms with van der Waals surface area (Å²) in [5.74, 6) is -0.180. The van der Waals surface area contributed by atoms with Crippen LogP contribution in [0.2, 0.25) is 0 Å². The number of ether oxygens (including phenoxy) is 1. The lowest BCUT2D eigenvalue weighted by molar-refractivity contribution is -0.132.